The van der Waals surface area contributed by atoms with Gasteiger partial charge in [0.1, 0.15) is 5.60 Å². The Bertz CT molecular complexity index is 676. The van der Waals surface area contributed by atoms with Gasteiger partial charge in [0.05, 0.1) is 5.88 Å². The Balaban J connectivity index is 1.72. The summed E-state index contributed by atoms with van der Waals surface area (Å²) in [6.45, 7) is 2.10. The maximum Gasteiger partial charge on any atom is 0.179 e. The quantitative estimate of drug-likeness (QED) is 0.773. The minimum atomic E-state index is -1.26. The maximum atomic E-state index is 12.4. The van der Waals surface area contributed by atoms with Crippen LogP contribution in [0.1, 0.15) is 58.3 Å². The number of fused-ring (bicyclic) bond motifs is 4. The highest BCUT2D eigenvalue weighted by Crippen LogP contribution is 2.63. The first-order valence-corrected chi connectivity index (χ1v) is 9.71. The van der Waals surface area contributed by atoms with Gasteiger partial charge in [0.25, 0.3) is 0 Å². The van der Waals surface area contributed by atoms with Gasteiger partial charge in [-0.25, -0.2) is 0 Å². The van der Waals surface area contributed by atoms with E-state index in [1.165, 1.54) is 16.7 Å². The molecule has 0 aromatic heterocycles. The van der Waals surface area contributed by atoms with Crippen LogP contribution in [-0.2, 0) is 9.59 Å². The number of halogens is 1. The Labute approximate surface area is 148 Å². The van der Waals surface area contributed by atoms with Crippen molar-refractivity contribution in [1.82, 2.24) is 0 Å². The van der Waals surface area contributed by atoms with Gasteiger partial charge in [-0.3, -0.25) is 9.59 Å². The standard InChI is InChI=1S/C20H25ClO3/c1-19-8-6-15-14-5-3-13(22)10-12(14)2-4-16(15)17(19)7-9-20(19,24)18(23)11-21/h10,16-17,24H,2-9,11H2,1H3/t16?,17?,19?,20-/m0/s1. The molecule has 4 aliphatic carbocycles. The lowest BCUT2D eigenvalue weighted by atomic mass is 9.54. The molecule has 2 fully saturated rings. The predicted octanol–water partition coefficient (Wildman–Crippen LogP) is 3.73. The second-order valence-electron chi connectivity index (χ2n) is 8.26. The number of aliphatic hydroxyl groups is 1. The first-order valence-electron chi connectivity index (χ1n) is 9.18. The molecular weight excluding hydrogens is 324 g/mol. The first-order chi connectivity index (χ1) is 11.4. The summed E-state index contributed by atoms with van der Waals surface area (Å²) in [6, 6.07) is 0. The van der Waals surface area contributed by atoms with Crippen molar-refractivity contribution in [3.05, 3.63) is 22.8 Å². The summed E-state index contributed by atoms with van der Waals surface area (Å²) in [7, 11) is 0. The fraction of sp³-hybridized carbons (Fsp3) is 0.700. The molecule has 24 heavy (non-hydrogen) atoms. The molecule has 4 heteroatoms. The van der Waals surface area contributed by atoms with E-state index in [1.54, 1.807) is 0 Å². The highest BCUT2D eigenvalue weighted by molar-refractivity contribution is 6.29. The number of hydrogen-bond acceptors (Lipinski definition) is 3. The Morgan fingerprint density at radius 3 is 2.79 bits per heavy atom. The highest BCUT2D eigenvalue weighted by atomic mass is 35.5. The average Bonchev–Trinajstić information content (AvgIpc) is 2.86. The minimum absolute atomic E-state index is 0.105. The number of allylic oxidation sites excluding steroid dienone is 4. The molecule has 0 radical (unpaired) electrons. The van der Waals surface area contributed by atoms with E-state index in [9.17, 15) is 14.7 Å². The second kappa shape index (κ2) is 5.54. The average molecular weight is 349 g/mol. The van der Waals surface area contributed by atoms with Crippen LogP contribution in [0.25, 0.3) is 0 Å². The van der Waals surface area contributed by atoms with Crippen LogP contribution in [0.5, 0.6) is 0 Å². The van der Waals surface area contributed by atoms with Gasteiger partial charge in [-0.2, -0.15) is 0 Å². The van der Waals surface area contributed by atoms with Crippen LogP contribution in [0.3, 0.4) is 0 Å². The van der Waals surface area contributed by atoms with Crippen LogP contribution in [0, 0.1) is 17.3 Å². The fourth-order valence-corrected chi connectivity index (χ4v) is 6.34. The maximum absolute atomic E-state index is 12.4. The predicted molar refractivity (Wildman–Crippen MR) is 92.8 cm³/mol. The third-order valence-electron chi connectivity index (χ3n) is 7.47. The molecule has 4 aliphatic rings. The molecule has 2 saturated carbocycles. The van der Waals surface area contributed by atoms with Crippen LogP contribution in [0.2, 0.25) is 0 Å². The third kappa shape index (κ3) is 2.07. The summed E-state index contributed by atoms with van der Waals surface area (Å²) in [4.78, 5) is 24.1. The number of carbonyl (C=O) groups is 2. The molecular formula is C20H25ClO3. The Morgan fingerprint density at radius 1 is 1.25 bits per heavy atom. The molecule has 0 spiro atoms. The van der Waals surface area contributed by atoms with Crippen molar-refractivity contribution in [1.29, 1.82) is 0 Å². The van der Waals surface area contributed by atoms with E-state index in [0.29, 0.717) is 24.7 Å². The largest absolute Gasteiger partial charge is 0.381 e. The summed E-state index contributed by atoms with van der Waals surface area (Å²) in [5.74, 6) is 0.763. The van der Waals surface area contributed by atoms with Gasteiger partial charge >= 0.3 is 0 Å². The molecule has 0 saturated heterocycles. The van der Waals surface area contributed by atoms with Crippen LogP contribution in [0.4, 0.5) is 0 Å². The lowest BCUT2D eigenvalue weighted by Gasteiger charge is -2.51. The monoisotopic (exact) mass is 348 g/mol. The molecule has 130 valence electrons. The fourth-order valence-electron chi connectivity index (χ4n) is 6.12. The number of ketones is 2. The second-order valence-corrected chi connectivity index (χ2v) is 8.53. The van der Waals surface area contributed by atoms with E-state index in [2.05, 4.69) is 6.92 Å². The molecule has 4 atom stereocenters. The lowest BCUT2D eigenvalue weighted by molar-refractivity contribution is -0.151. The summed E-state index contributed by atoms with van der Waals surface area (Å²) in [5.41, 5.74) is 2.58. The van der Waals surface area contributed by atoms with Gasteiger partial charge < -0.3 is 5.11 Å². The van der Waals surface area contributed by atoms with Gasteiger partial charge in [-0.1, -0.05) is 12.5 Å². The van der Waals surface area contributed by atoms with Crippen LogP contribution >= 0.6 is 11.6 Å². The molecule has 0 heterocycles. The van der Waals surface area contributed by atoms with Crippen molar-refractivity contribution in [3.8, 4) is 0 Å². The van der Waals surface area contributed by atoms with Crippen molar-refractivity contribution in [3.63, 3.8) is 0 Å². The number of hydrogen-bond donors (Lipinski definition) is 1. The van der Waals surface area contributed by atoms with E-state index < -0.39 is 5.60 Å². The topological polar surface area (TPSA) is 54.4 Å². The number of carbonyl (C=O) groups excluding carboxylic acids is 2. The zero-order valence-electron chi connectivity index (χ0n) is 14.2. The molecule has 0 bridgehead atoms. The molecule has 0 aliphatic heterocycles. The molecule has 3 nitrogen and oxygen atoms in total. The highest BCUT2D eigenvalue weighted by Gasteiger charge is 2.63. The van der Waals surface area contributed by atoms with E-state index in [0.717, 1.165) is 38.5 Å². The van der Waals surface area contributed by atoms with E-state index >= 15 is 0 Å². The van der Waals surface area contributed by atoms with Crippen molar-refractivity contribution in [2.45, 2.75) is 63.9 Å². The van der Waals surface area contributed by atoms with E-state index in [4.69, 9.17) is 11.6 Å². The SMILES string of the molecule is CC12CCC3=C4CCC(=O)C=C4CCC3C1CC[C@]2(O)C(=O)CCl. The van der Waals surface area contributed by atoms with Crippen LogP contribution in [0.15, 0.2) is 22.8 Å². The minimum Gasteiger partial charge on any atom is -0.381 e. The van der Waals surface area contributed by atoms with Crippen molar-refractivity contribution in [2.75, 3.05) is 5.88 Å². The van der Waals surface area contributed by atoms with E-state index in [1.807, 2.05) is 6.08 Å². The zero-order valence-corrected chi connectivity index (χ0v) is 15.0. The summed E-state index contributed by atoms with van der Waals surface area (Å²) in [5, 5.41) is 11.2. The van der Waals surface area contributed by atoms with Gasteiger partial charge in [0, 0.05) is 11.8 Å². The third-order valence-corrected chi connectivity index (χ3v) is 7.71. The van der Waals surface area contributed by atoms with Gasteiger partial charge in [0.15, 0.2) is 11.6 Å². The van der Waals surface area contributed by atoms with Crippen molar-refractivity contribution in [2.24, 2.45) is 17.3 Å². The van der Waals surface area contributed by atoms with Gasteiger partial charge in [-0.15, -0.1) is 11.6 Å². The van der Waals surface area contributed by atoms with Crippen molar-refractivity contribution < 1.29 is 14.7 Å². The van der Waals surface area contributed by atoms with Crippen LogP contribution in [-0.4, -0.2) is 28.2 Å². The lowest BCUT2D eigenvalue weighted by Crippen LogP contribution is -2.54. The Hall–Kier alpha value is -0.930. The Kier molecular flexibility index (Phi) is 3.81. The zero-order chi connectivity index (χ0) is 17.1. The van der Waals surface area contributed by atoms with Gasteiger partial charge in [-0.05, 0) is 74.0 Å². The Morgan fingerprint density at radius 2 is 2.04 bits per heavy atom. The van der Waals surface area contributed by atoms with E-state index in [-0.39, 0.29) is 22.9 Å². The smallest absolute Gasteiger partial charge is 0.179 e. The summed E-state index contributed by atoms with van der Waals surface area (Å²) >= 11 is 5.80. The van der Waals surface area contributed by atoms with Crippen LogP contribution < -0.4 is 0 Å². The summed E-state index contributed by atoms with van der Waals surface area (Å²) in [6.07, 6.45) is 8.60. The number of alkyl halides is 1. The molecule has 3 unspecified atom stereocenters. The molecule has 1 N–H and O–H groups in total. The first kappa shape index (κ1) is 16.5. The molecule has 0 aromatic rings. The molecule has 0 aromatic carbocycles. The summed E-state index contributed by atoms with van der Waals surface area (Å²) < 4.78 is 0. The molecule has 4 rings (SSSR count). The normalized spacial score (nSPS) is 41.5. The number of rotatable bonds is 2. The van der Waals surface area contributed by atoms with Crippen molar-refractivity contribution >= 4 is 23.2 Å². The number of Topliss-reactive ketones (excluding diaryl/α,β-unsaturated/α-hetero) is 1. The molecule has 0 amide bonds. The van der Waals surface area contributed by atoms with Gasteiger partial charge in [0.2, 0.25) is 0 Å².